The Balaban J connectivity index is 0.00000696. The van der Waals surface area contributed by atoms with E-state index in [9.17, 15) is 24.9 Å². The Hall–Kier alpha value is -4.22. The van der Waals surface area contributed by atoms with Gasteiger partial charge in [0.1, 0.15) is 0 Å². The van der Waals surface area contributed by atoms with Gasteiger partial charge in [-0.15, -0.1) is 5.76 Å². The first-order valence-electron chi connectivity index (χ1n) is 19.2. The largest absolute Gasteiger partial charge is 2.00 e. The van der Waals surface area contributed by atoms with Crippen molar-refractivity contribution in [3.8, 4) is 0 Å². The number of amides is 1. The molecule has 0 radical (unpaired) electrons. The van der Waals surface area contributed by atoms with Crippen LogP contribution in [0.15, 0.2) is 100 Å². The van der Waals surface area contributed by atoms with Crippen LogP contribution in [0, 0.1) is 23.7 Å². The third-order valence-electron chi connectivity index (χ3n) is 11.1. The van der Waals surface area contributed by atoms with Crippen molar-refractivity contribution in [2.45, 2.75) is 73.6 Å². The van der Waals surface area contributed by atoms with E-state index in [4.69, 9.17) is 19.7 Å². The van der Waals surface area contributed by atoms with Crippen molar-refractivity contribution in [2.75, 3.05) is 47.4 Å². The number of rotatable bonds is 13. The molecule has 0 spiro atoms. The van der Waals surface area contributed by atoms with Crippen molar-refractivity contribution in [2.24, 2.45) is 43.6 Å². The fraction of sp³-hybridized carbons (Fsp3) is 0.524. The fourth-order valence-electron chi connectivity index (χ4n) is 7.88. The van der Waals surface area contributed by atoms with Crippen LogP contribution in [0.5, 0.6) is 0 Å². The molecule has 1 fully saturated rings. The molecule has 0 aromatic carbocycles. The molecule has 5 rings (SSSR count). The number of carbonyl (C=O) groups excluding carboxylic acids is 2. The Kier molecular flexibility index (Phi) is 15.3. The number of hydrogen-bond acceptors (Lipinski definition) is 12. The molecule has 4 atom stereocenters. The van der Waals surface area contributed by atoms with Gasteiger partial charge in [-0.25, -0.2) is 9.98 Å². The van der Waals surface area contributed by atoms with E-state index >= 15 is 0 Å². The number of hydrogen-bond donors (Lipinski definition) is 3. The van der Waals surface area contributed by atoms with Gasteiger partial charge in [0.05, 0.1) is 48.6 Å². The van der Waals surface area contributed by atoms with Crippen molar-refractivity contribution < 1.29 is 50.1 Å². The Morgan fingerprint density at radius 1 is 1.02 bits per heavy atom. The summed E-state index contributed by atoms with van der Waals surface area (Å²) in [5.41, 5.74) is 7.80. The minimum Gasteiger partial charge on any atom is -0.875 e. The smallest absolute Gasteiger partial charge is 0.875 e. The number of ether oxygens (including phenoxy) is 1. The summed E-state index contributed by atoms with van der Waals surface area (Å²) in [5, 5.41) is 43.0. The molecule has 56 heavy (non-hydrogen) atoms. The Morgan fingerprint density at radius 3 is 2.38 bits per heavy atom. The average Bonchev–Trinajstić information content (AvgIpc) is 3.82. The monoisotopic (exact) mass is 859 g/mol. The molecule has 1 saturated heterocycles. The van der Waals surface area contributed by atoms with E-state index in [1.807, 2.05) is 58.0 Å². The topological polar surface area (TPSA) is 186 Å². The fourth-order valence-corrected chi connectivity index (χ4v) is 7.88. The van der Waals surface area contributed by atoms with E-state index < -0.39 is 11.9 Å². The molecule has 3 N–H and O–H groups in total. The first-order valence-corrected chi connectivity index (χ1v) is 19.2. The molecule has 0 unspecified atom stereocenters. The number of nitrogens with zero attached hydrogens (tertiary/aromatic N) is 5. The number of carbonyl (C=O) groups is 2. The third-order valence-corrected chi connectivity index (χ3v) is 11.1. The van der Waals surface area contributed by atoms with Crippen molar-refractivity contribution >= 4 is 34.9 Å². The van der Waals surface area contributed by atoms with Gasteiger partial charge in [0.25, 0.3) is 0 Å². The summed E-state index contributed by atoms with van der Waals surface area (Å²) < 4.78 is 5.21. The zero-order valence-electron chi connectivity index (χ0n) is 33.9. The van der Waals surface area contributed by atoms with E-state index in [1.54, 1.807) is 6.92 Å². The summed E-state index contributed by atoms with van der Waals surface area (Å²) in [5.74, 6) is -1.66. The molecule has 0 aromatic heterocycles. The van der Waals surface area contributed by atoms with Crippen LogP contribution in [-0.2, 0) is 34.7 Å². The zero-order valence-corrected chi connectivity index (χ0v) is 35.5. The maximum absolute atomic E-state index is 14.2. The number of allylic oxidation sites excluding steroid dienone is 10. The number of nitrogens with one attached hydrogen (secondary N) is 2. The van der Waals surface area contributed by atoms with Crippen LogP contribution in [0.1, 0.15) is 73.6 Å². The number of methoxy groups -OCH3 is 1. The van der Waals surface area contributed by atoms with Crippen molar-refractivity contribution in [1.82, 2.24) is 15.5 Å². The average molecular weight is 860 g/mol. The number of esters is 1. The molecule has 5 aliphatic heterocycles. The molecule has 14 heteroatoms. The van der Waals surface area contributed by atoms with Gasteiger partial charge in [-0.3, -0.25) is 19.6 Å². The normalized spacial score (nSPS) is 24.3. The van der Waals surface area contributed by atoms with E-state index in [2.05, 4.69) is 29.5 Å². The molecule has 8 bridgehead atoms. The Labute approximate surface area is 344 Å². The summed E-state index contributed by atoms with van der Waals surface area (Å²) in [6.45, 7) is 12.8. The van der Waals surface area contributed by atoms with Gasteiger partial charge in [-0.05, 0) is 88.1 Å². The van der Waals surface area contributed by atoms with Gasteiger partial charge in [-0.1, -0.05) is 27.7 Å². The molecular formula is C42H55N7O6Pd. The molecule has 304 valence electrons. The molecule has 0 aromatic rings. The first-order chi connectivity index (χ1) is 26.2. The summed E-state index contributed by atoms with van der Waals surface area (Å²) >= 11 is 0. The van der Waals surface area contributed by atoms with Gasteiger partial charge in [0.2, 0.25) is 5.91 Å². The van der Waals surface area contributed by atoms with Gasteiger partial charge in [-0.2, -0.15) is 0 Å². The number of likely N-dealkylation sites (N-methyl/N-ethyl adjacent to an activating group) is 1. The van der Waals surface area contributed by atoms with Gasteiger partial charge in [0, 0.05) is 78.0 Å². The van der Waals surface area contributed by atoms with Crippen LogP contribution in [0.25, 0.3) is 0 Å². The second-order valence-corrected chi connectivity index (χ2v) is 15.1. The van der Waals surface area contributed by atoms with E-state index in [0.717, 1.165) is 23.4 Å². The molecule has 0 saturated carbocycles. The first kappa shape index (κ1) is 44.5. The van der Waals surface area contributed by atoms with E-state index in [1.165, 1.54) is 7.11 Å². The van der Waals surface area contributed by atoms with Gasteiger partial charge >= 0.3 is 26.4 Å². The van der Waals surface area contributed by atoms with Crippen molar-refractivity contribution in [3.63, 3.8) is 0 Å². The maximum Gasteiger partial charge on any atom is 2.00 e. The number of fused-ring (bicyclic) bond motifs is 5. The summed E-state index contributed by atoms with van der Waals surface area (Å²) in [6.07, 6.45) is 7.42. The second kappa shape index (κ2) is 19.3. The maximum atomic E-state index is 14.2. The zero-order chi connectivity index (χ0) is 40.1. The van der Waals surface area contributed by atoms with Crippen LogP contribution in [-0.4, -0.2) is 92.4 Å². The number of aliphatic hydroxyl groups is 1. The van der Waals surface area contributed by atoms with Crippen LogP contribution in [0.4, 0.5) is 0 Å². The molecule has 5 heterocycles. The third kappa shape index (κ3) is 9.48. The predicted octanol–water partition coefficient (Wildman–Crippen LogP) is 3.17. The Bertz CT molecular complexity index is 1950. The summed E-state index contributed by atoms with van der Waals surface area (Å²) in [4.78, 5) is 48.0. The second-order valence-electron chi connectivity index (χ2n) is 15.1. The predicted molar refractivity (Wildman–Crippen MR) is 212 cm³/mol. The van der Waals surface area contributed by atoms with Crippen LogP contribution >= 0.6 is 0 Å². The van der Waals surface area contributed by atoms with Gasteiger partial charge < -0.3 is 35.6 Å². The van der Waals surface area contributed by atoms with E-state index in [-0.39, 0.29) is 81.8 Å². The van der Waals surface area contributed by atoms with E-state index in [0.29, 0.717) is 82.4 Å². The minimum atomic E-state index is -0.530. The van der Waals surface area contributed by atoms with Crippen molar-refractivity contribution in [1.29, 1.82) is 0 Å². The van der Waals surface area contributed by atoms with Crippen molar-refractivity contribution in [3.05, 3.63) is 80.3 Å². The quantitative estimate of drug-likeness (QED) is 0.0630. The molecular weight excluding hydrogens is 805 g/mol. The van der Waals surface area contributed by atoms with Gasteiger partial charge in [0.15, 0.2) is 0 Å². The summed E-state index contributed by atoms with van der Waals surface area (Å²) in [6, 6.07) is 0. The number of aliphatic imine (C=N–C) groups is 4. The minimum absolute atomic E-state index is 0. The number of aliphatic hydroxyl groups excluding tert-OH is 1. The molecule has 1 amide bonds. The van der Waals surface area contributed by atoms with Crippen LogP contribution in [0.2, 0.25) is 0 Å². The molecule has 0 aliphatic carbocycles. The summed E-state index contributed by atoms with van der Waals surface area (Å²) in [7, 11) is 5.15. The van der Waals surface area contributed by atoms with Crippen LogP contribution < -0.4 is 20.8 Å². The standard InChI is InChI=1S/C42H57N7O6.Pd/c1-10-27-22(2)30-21-35-38(26(6)51)24(4)32(46-35)19-31-23(3)28(12-13-36(52)43-14-11-17-50)40(47-31)29(18-37(53)55-9)41-39(42(54)44-15-16-49(7)8)25(5)33(48-41)20-34(27)45-30;/h19-23,27-28,45,50-51H,10-18H2,1-9H3,(H,43,52)(H,44,54);/q;+2/p-2/b30-21?,31-19?,34-20?,38-26+,41-29?;/t22-,23+,27-,28+;/m1./s1. The SMILES string of the molecule is CC[C@H]1C2=CC3=NC(=C(CC(=O)OC)C4=NC(=CC5=C(C)/C(=C(/C)[O-])C(=N5)C=C(N2)[C@@H]1C)[C@@H](C)[C@@H]4CCC(=O)NCCCO)C(C([O-])=NCCN(C)C)=C3C.[Pd+2]. The molecule has 5 aliphatic rings. The van der Waals surface area contributed by atoms with Crippen LogP contribution in [0.3, 0.4) is 0 Å². The molecule has 13 nitrogen and oxygen atoms in total. The Morgan fingerprint density at radius 2 is 1.73 bits per heavy atom.